The van der Waals surface area contributed by atoms with Crippen molar-refractivity contribution in [1.29, 1.82) is 0 Å². The largest absolute Gasteiger partial charge is 0.479 e. The summed E-state index contributed by atoms with van der Waals surface area (Å²) in [6.45, 7) is 2.66. The Bertz CT molecular complexity index is 1050. The second-order valence-electron chi connectivity index (χ2n) is 12.7. The smallest absolute Gasteiger partial charge is 0.335 e. The highest BCUT2D eigenvalue weighted by Gasteiger charge is 2.68. The fraction of sp³-hybridized carbons (Fsp3) is 0.857. The van der Waals surface area contributed by atoms with Crippen LogP contribution < -0.4 is 0 Å². The number of carboxylic acids is 1. The molecule has 1 aliphatic heterocycles. The SMILES string of the molecule is CC(=O)O[C@H]1CC[C@H]2[C@H](CC[C@H]3[C@@H]4CC[C@H](C(=O)COC5O[C@H](C(=O)O)[C@@H](O)[C@H](O)[C@H]5O)[C@@]4(C)CC(=O)[C@]23F)C1. The van der Waals surface area contributed by atoms with Gasteiger partial charge in [-0.05, 0) is 62.2 Å². The molecule has 5 aliphatic rings. The van der Waals surface area contributed by atoms with Crippen LogP contribution in [-0.4, -0.2) is 93.0 Å². The highest BCUT2D eigenvalue weighted by atomic mass is 19.1. The minimum absolute atomic E-state index is 0.0368. The number of fused-ring (bicyclic) bond motifs is 5. The van der Waals surface area contributed by atoms with Crippen LogP contribution in [0.15, 0.2) is 0 Å². The lowest BCUT2D eigenvalue weighted by molar-refractivity contribution is -0.292. The number of carbonyl (C=O) groups is 4. The number of halogens is 1. The third kappa shape index (κ3) is 4.69. The second-order valence-corrected chi connectivity index (χ2v) is 12.7. The van der Waals surface area contributed by atoms with Crippen LogP contribution >= 0.6 is 0 Å². The molecule has 0 aromatic heterocycles. The molecule has 4 aliphatic carbocycles. The molecule has 224 valence electrons. The number of ketones is 2. The van der Waals surface area contributed by atoms with E-state index in [0.29, 0.717) is 38.5 Å². The van der Waals surface area contributed by atoms with Crippen molar-refractivity contribution >= 4 is 23.5 Å². The fourth-order valence-corrected chi connectivity index (χ4v) is 8.86. The number of alkyl halides is 1. The molecule has 11 nitrogen and oxygen atoms in total. The minimum Gasteiger partial charge on any atom is -0.479 e. The maximum Gasteiger partial charge on any atom is 0.335 e. The van der Waals surface area contributed by atoms with E-state index in [4.69, 9.17) is 14.2 Å². The first-order chi connectivity index (χ1) is 18.8. The van der Waals surface area contributed by atoms with Gasteiger partial charge in [-0.1, -0.05) is 6.92 Å². The van der Waals surface area contributed by atoms with Gasteiger partial charge in [-0.2, -0.15) is 0 Å². The Hall–Kier alpha value is -1.99. The second kappa shape index (κ2) is 10.7. The summed E-state index contributed by atoms with van der Waals surface area (Å²) in [5.74, 6) is -4.51. The van der Waals surface area contributed by atoms with Crippen LogP contribution in [0.1, 0.15) is 65.2 Å². The van der Waals surface area contributed by atoms with Crippen LogP contribution in [0, 0.1) is 35.0 Å². The molecular weight excluding hydrogens is 531 g/mol. The van der Waals surface area contributed by atoms with E-state index in [1.54, 1.807) is 0 Å². The average Bonchev–Trinajstić information content (AvgIpc) is 3.22. The fourth-order valence-electron chi connectivity index (χ4n) is 8.86. The van der Waals surface area contributed by atoms with Crippen molar-refractivity contribution in [2.45, 2.75) is 108 Å². The first-order valence-electron chi connectivity index (χ1n) is 14.2. The number of carboxylic acid groups (broad SMARTS) is 1. The molecule has 12 heteroatoms. The van der Waals surface area contributed by atoms with E-state index >= 15 is 4.39 Å². The van der Waals surface area contributed by atoms with Crippen LogP contribution in [0.25, 0.3) is 0 Å². The van der Waals surface area contributed by atoms with E-state index in [1.807, 2.05) is 6.92 Å². The Kier molecular flexibility index (Phi) is 7.88. The van der Waals surface area contributed by atoms with E-state index in [9.17, 15) is 39.6 Å². The number of esters is 1. The monoisotopic (exact) mass is 570 g/mol. The normalized spacial score (nSPS) is 48.5. The maximum absolute atomic E-state index is 17.0. The molecule has 0 spiro atoms. The Labute approximate surface area is 231 Å². The third-order valence-corrected chi connectivity index (χ3v) is 10.7. The van der Waals surface area contributed by atoms with Crippen molar-refractivity contribution < 1.29 is 58.2 Å². The van der Waals surface area contributed by atoms with Crippen molar-refractivity contribution in [2.24, 2.45) is 35.0 Å². The van der Waals surface area contributed by atoms with Gasteiger partial charge in [0, 0.05) is 31.1 Å². The Morgan fingerprint density at radius 2 is 1.65 bits per heavy atom. The van der Waals surface area contributed by atoms with E-state index in [1.165, 1.54) is 6.92 Å². The van der Waals surface area contributed by atoms with Crippen LogP contribution in [0.3, 0.4) is 0 Å². The Balaban J connectivity index is 1.27. The topological polar surface area (TPSA) is 177 Å². The van der Waals surface area contributed by atoms with Crippen molar-refractivity contribution in [3.63, 3.8) is 0 Å². The van der Waals surface area contributed by atoms with Crippen LogP contribution in [0.5, 0.6) is 0 Å². The third-order valence-electron chi connectivity index (χ3n) is 10.7. The van der Waals surface area contributed by atoms with E-state index in [-0.39, 0.29) is 36.1 Å². The predicted octanol–water partition coefficient (Wildman–Crippen LogP) is 0.936. The highest BCUT2D eigenvalue weighted by molar-refractivity contribution is 5.92. The molecule has 0 amide bonds. The quantitative estimate of drug-likeness (QED) is 0.334. The number of hydrogen-bond donors (Lipinski definition) is 4. The maximum atomic E-state index is 17.0. The van der Waals surface area contributed by atoms with Gasteiger partial charge in [0.05, 0.1) is 0 Å². The average molecular weight is 571 g/mol. The number of aliphatic carboxylic acids is 1. The molecule has 40 heavy (non-hydrogen) atoms. The van der Waals surface area contributed by atoms with Gasteiger partial charge in [0.15, 0.2) is 29.6 Å². The van der Waals surface area contributed by atoms with Gasteiger partial charge in [-0.3, -0.25) is 14.4 Å². The number of carbonyl (C=O) groups excluding carboxylic acids is 3. The summed E-state index contributed by atoms with van der Waals surface area (Å²) in [6.07, 6.45) is -5.50. The lowest BCUT2D eigenvalue weighted by Gasteiger charge is -2.57. The van der Waals surface area contributed by atoms with Gasteiger partial charge in [-0.15, -0.1) is 0 Å². The standard InChI is InChI=1S/C28H39FO11/c1-12(30)39-14-4-6-15-13(9-14)3-5-17-16-7-8-18(27(16,2)10-20(32)28(15,17)29)19(31)11-38-26-23(35)21(33)22(34)24(40-26)25(36)37/h13-18,21-24,26,33-35H,3-11H2,1-2H3,(H,36,37)/t13-,14+,15+,16+,17+,18-,21+,22+,23-,24+,26?,27+,28+/m1/s1. The summed E-state index contributed by atoms with van der Waals surface area (Å²) in [5.41, 5.74) is -2.74. The number of aliphatic hydroxyl groups excluding tert-OH is 3. The molecule has 1 unspecified atom stereocenters. The first kappa shape index (κ1) is 29.5. The molecule has 13 atom stereocenters. The van der Waals surface area contributed by atoms with Gasteiger partial charge < -0.3 is 34.6 Å². The summed E-state index contributed by atoms with van der Waals surface area (Å²) in [7, 11) is 0. The van der Waals surface area contributed by atoms with Crippen molar-refractivity contribution in [3.8, 4) is 0 Å². The van der Waals surface area contributed by atoms with Crippen LogP contribution in [-0.2, 0) is 33.4 Å². The molecule has 4 N–H and O–H groups in total. The molecule has 0 aromatic rings. The van der Waals surface area contributed by atoms with E-state index in [0.717, 1.165) is 6.42 Å². The molecule has 4 saturated carbocycles. The summed E-state index contributed by atoms with van der Waals surface area (Å²) in [5, 5.41) is 39.3. The molecule has 1 saturated heterocycles. The van der Waals surface area contributed by atoms with Gasteiger partial charge in [0.2, 0.25) is 0 Å². The zero-order valence-corrected chi connectivity index (χ0v) is 22.7. The number of aliphatic hydroxyl groups is 3. The molecule has 0 radical (unpaired) electrons. The van der Waals surface area contributed by atoms with Gasteiger partial charge in [0.25, 0.3) is 0 Å². The summed E-state index contributed by atoms with van der Waals surface area (Å²) in [6, 6.07) is 0. The Morgan fingerprint density at radius 1 is 0.975 bits per heavy atom. The number of ether oxygens (including phenoxy) is 3. The summed E-state index contributed by atoms with van der Waals surface area (Å²) in [4.78, 5) is 49.8. The number of rotatable bonds is 6. The van der Waals surface area contributed by atoms with Crippen LogP contribution in [0.4, 0.5) is 4.39 Å². The zero-order valence-electron chi connectivity index (χ0n) is 22.7. The molecular formula is C28H39FO11. The van der Waals surface area contributed by atoms with Crippen molar-refractivity contribution in [1.82, 2.24) is 0 Å². The molecule has 5 rings (SSSR count). The van der Waals surface area contributed by atoms with Gasteiger partial charge in [0.1, 0.15) is 31.0 Å². The number of Topliss-reactive ketones (excluding diaryl/α,β-unsaturated/α-hetero) is 2. The Morgan fingerprint density at radius 3 is 2.33 bits per heavy atom. The highest BCUT2D eigenvalue weighted by Crippen LogP contribution is 2.65. The molecule has 1 heterocycles. The first-order valence-corrected chi connectivity index (χ1v) is 14.2. The van der Waals surface area contributed by atoms with Crippen molar-refractivity contribution in [2.75, 3.05) is 6.61 Å². The van der Waals surface area contributed by atoms with E-state index < -0.39 is 77.9 Å². The minimum atomic E-state index is -1.97. The zero-order chi connectivity index (χ0) is 29.1. The van der Waals surface area contributed by atoms with Gasteiger partial charge in [-0.25, -0.2) is 9.18 Å². The van der Waals surface area contributed by atoms with Gasteiger partial charge >= 0.3 is 11.9 Å². The summed E-state index contributed by atoms with van der Waals surface area (Å²) >= 11 is 0. The molecule has 0 aromatic carbocycles. The number of hydrogen-bond acceptors (Lipinski definition) is 10. The lowest BCUT2D eigenvalue weighted by Crippen LogP contribution is -2.63. The van der Waals surface area contributed by atoms with E-state index in [2.05, 4.69) is 0 Å². The molecule has 5 fully saturated rings. The summed E-state index contributed by atoms with van der Waals surface area (Å²) < 4.78 is 32.9. The molecule has 0 bridgehead atoms. The lowest BCUT2D eigenvalue weighted by atomic mass is 9.47. The predicted molar refractivity (Wildman–Crippen MR) is 132 cm³/mol. The van der Waals surface area contributed by atoms with Crippen LogP contribution in [0.2, 0.25) is 0 Å². The van der Waals surface area contributed by atoms with Crippen molar-refractivity contribution in [3.05, 3.63) is 0 Å².